The Labute approximate surface area is 98.3 Å². The summed E-state index contributed by atoms with van der Waals surface area (Å²) in [6, 6.07) is 10.1. The molecule has 0 spiro atoms. The Bertz CT molecular complexity index is 430. The molecule has 2 aromatic rings. The van der Waals surface area contributed by atoms with Gasteiger partial charge < -0.3 is 10.5 Å². The summed E-state index contributed by atoms with van der Waals surface area (Å²) in [5.41, 5.74) is 6.65. The predicted molar refractivity (Wildman–Crippen MR) is 64.1 cm³/mol. The van der Waals surface area contributed by atoms with Crippen molar-refractivity contribution >= 4 is 16.7 Å². The minimum Gasteiger partial charge on any atom is -0.376 e. The summed E-state index contributed by atoms with van der Waals surface area (Å²) < 4.78 is 9.60. The fourth-order valence-electron chi connectivity index (χ4n) is 1.30. The van der Waals surface area contributed by atoms with E-state index in [9.17, 15) is 0 Å². The third kappa shape index (κ3) is 3.29. The van der Waals surface area contributed by atoms with Crippen LogP contribution in [0.15, 0.2) is 30.3 Å². The largest absolute Gasteiger partial charge is 0.376 e. The second-order valence-corrected chi connectivity index (χ2v) is 4.12. The Kier molecular flexibility index (Phi) is 3.85. The van der Waals surface area contributed by atoms with Crippen LogP contribution in [-0.2, 0) is 17.8 Å². The molecule has 0 amide bonds. The number of nitrogen functional groups attached to an aromatic ring is 1. The lowest BCUT2D eigenvalue weighted by Crippen LogP contribution is -2.00. The average molecular weight is 235 g/mol. The van der Waals surface area contributed by atoms with Gasteiger partial charge in [0.05, 0.1) is 13.2 Å². The molecule has 0 aliphatic rings. The molecule has 4 nitrogen and oxygen atoms in total. The van der Waals surface area contributed by atoms with Gasteiger partial charge in [0.1, 0.15) is 5.82 Å². The number of hydrogen-bond donors (Lipinski definition) is 1. The van der Waals surface area contributed by atoms with Crippen molar-refractivity contribution in [2.45, 2.75) is 13.0 Å². The van der Waals surface area contributed by atoms with Gasteiger partial charge >= 0.3 is 0 Å². The van der Waals surface area contributed by atoms with Crippen LogP contribution >= 0.6 is 11.5 Å². The van der Waals surface area contributed by atoms with Crippen molar-refractivity contribution in [1.29, 1.82) is 0 Å². The highest BCUT2D eigenvalue weighted by atomic mass is 32.1. The fourth-order valence-corrected chi connectivity index (χ4v) is 1.77. The summed E-state index contributed by atoms with van der Waals surface area (Å²) >= 11 is 1.22. The number of ether oxygens (including phenoxy) is 1. The summed E-state index contributed by atoms with van der Waals surface area (Å²) in [4.78, 5) is 4.06. The molecule has 84 valence electrons. The molecule has 1 heterocycles. The first-order valence-corrected chi connectivity index (χ1v) is 5.81. The van der Waals surface area contributed by atoms with Crippen LogP contribution in [0.25, 0.3) is 0 Å². The van der Waals surface area contributed by atoms with E-state index in [4.69, 9.17) is 10.5 Å². The molecule has 0 aliphatic heterocycles. The lowest BCUT2D eigenvalue weighted by molar-refractivity contribution is 0.123. The number of nitrogens with two attached hydrogens (primary N) is 1. The maximum atomic E-state index is 5.52. The first-order chi connectivity index (χ1) is 7.84. The first kappa shape index (κ1) is 11.0. The minimum atomic E-state index is 0.512. The van der Waals surface area contributed by atoms with Gasteiger partial charge in [-0.05, 0) is 5.56 Å². The number of rotatable bonds is 5. The third-order valence-corrected chi connectivity index (χ3v) is 2.65. The zero-order valence-electron chi connectivity index (χ0n) is 8.80. The third-order valence-electron chi connectivity index (χ3n) is 2.07. The Morgan fingerprint density at radius 2 is 2.06 bits per heavy atom. The van der Waals surface area contributed by atoms with Crippen LogP contribution in [0.3, 0.4) is 0 Å². The summed E-state index contributed by atoms with van der Waals surface area (Å²) in [5.74, 6) is 0.760. The van der Waals surface area contributed by atoms with E-state index in [1.807, 2.05) is 30.3 Å². The summed E-state index contributed by atoms with van der Waals surface area (Å²) in [6.07, 6.45) is 0.709. The van der Waals surface area contributed by atoms with Crippen molar-refractivity contribution in [3.63, 3.8) is 0 Å². The molecule has 1 aromatic carbocycles. The molecule has 0 aliphatic carbocycles. The molecule has 0 atom stereocenters. The van der Waals surface area contributed by atoms with Crippen LogP contribution in [-0.4, -0.2) is 16.0 Å². The smallest absolute Gasteiger partial charge is 0.199 e. The number of benzene rings is 1. The van der Waals surface area contributed by atoms with Gasteiger partial charge in [0, 0.05) is 18.0 Å². The molecule has 2 N–H and O–H groups in total. The number of anilines is 1. The molecular weight excluding hydrogens is 222 g/mol. The minimum absolute atomic E-state index is 0.512. The highest BCUT2D eigenvalue weighted by Gasteiger charge is 2.00. The van der Waals surface area contributed by atoms with Gasteiger partial charge in [-0.15, -0.1) is 0 Å². The van der Waals surface area contributed by atoms with E-state index in [-0.39, 0.29) is 0 Å². The Hall–Kier alpha value is -1.46. The normalized spacial score (nSPS) is 10.5. The Balaban J connectivity index is 1.69. The van der Waals surface area contributed by atoms with Crippen molar-refractivity contribution in [1.82, 2.24) is 9.36 Å². The molecule has 16 heavy (non-hydrogen) atoms. The van der Waals surface area contributed by atoms with E-state index in [0.717, 1.165) is 5.82 Å². The zero-order valence-corrected chi connectivity index (χ0v) is 9.61. The molecule has 0 bridgehead atoms. The van der Waals surface area contributed by atoms with E-state index in [0.29, 0.717) is 24.8 Å². The summed E-state index contributed by atoms with van der Waals surface area (Å²) in [5, 5.41) is 0.512. The van der Waals surface area contributed by atoms with Gasteiger partial charge in [-0.3, -0.25) is 0 Å². The predicted octanol–water partition coefficient (Wildman–Crippen LogP) is 1.88. The van der Waals surface area contributed by atoms with E-state index < -0.39 is 0 Å². The lowest BCUT2D eigenvalue weighted by atomic mass is 10.2. The van der Waals surface area contributed by atoms with Crippen molar-refractivity contribution in [2.75, 3.05) is 12.3 Å². The quantitative estimate of drug-likeness (QED) is 0.804. The van der Waals surface area contributed by atoms with Crippen LogP contribution in [0, 0.1) is 0 Å². The van der Waals surface area contributed by atoms with E-state index in [1.54, 1.807) is 0 Å². The van der Waals surface area contributed by atoms with Crippen LogP contribution < -0.4 is 5.73 Å². The Morgan fingerprint density at radius 3 is 2.75 bits per heavy atom. The van der Waals surface area contributed by atoms with Crippen LogP contribution in [0.1, 0.15) is 11.4 Å². The fraction of sp³-hybridized carbons (Fsp3) is 0.273. The molecule has 2 rings (SSSR count). The summed E-state index contributed by atoms with van der Waals surface area (Å²) in [7, 11) is 0. The van der Waals surface area contributed by atoms with Gasteiger partial charge in [0.2, 0.25) is 0 Å². The van der Waals surface area contributed by atoms with Crippen molar-refractivity contribution < 1.29 is 4.74 Å². The van der Waals surface area contributed by atoms with Crippen LogP contribution in [0.2, 0.25) is 0 Å². The molecule has 0 saturated carbocycles. The molecule has 0 fully saturated rings. The summed E-state index contributed by atoms with van der Waals surface area (Å²) in [6.45, 7) is 1.24. The van der Waals surface area contributed by atoms with Gasteiger partial charge in [-0.2, -0.15) is 4.37 Å². The standard InChI is InChI=1S/C11H13N3OS/c12-11-13-10(14-16-11)6-7-15-8-9-4-2-1-3-5-9/h1-5H,6-8H2,(H2,12,13,14). The van der Waals surface area contributed by atoms with Crippen molar-refractivity contribution in [3.05, 3.63) is 41.7 Å². The number of aromatic nitrogens is 2. The van der Waals surface area contributed by atoms with Gasteiger partial charge in [-0.1, -0.05) is 30.3 Å². The van der Waals surface area contributed by atoms with Gasteiger partial charge in [0.25, 0.3) is 0 Å². The van der Waals surface area contributed by atoms with Gasteiger partial charge in [0.15, 0.2) is 5.13 Å². The van der Waals surface area contributed by atoms with E-state index >= 15 is 0 Å². The lowest BCUT2D eigenvalue weighted by Gasteiger charge is -2.02. The van der Waals surface area contributed by atoms with Crippen molar-refractivity contribution in [2.24, 2.45) is 0 Å². The molecule has 0 radical (unpaired) electrons. The SMILES string of the molecule is Nc1nc(CCOCc2ccccc2)ns1. The number of nitrogens with zero attached hydrogens (tertiary/aromatic N) is 2. The topological polar surface area (TPSA) is 61.0 Å². The van der Waals surface area contributed by atoms with Crippen LogP contribution in [0.5, 0.6) is 0 Å². The molecule has 1 aromatic heterocycles. The van der Waals surface area contributed by atoms with Crippen LogP contribution in [0.4, 0.5) is 5.13 Å². The Morgan fingerprint density at radius 1 is 1.25 bits per heavy atom. The second-order valence-electron chi connectivity index (χ2n) is 3.34. The monoisotopic (exact) mass is 235 g/mol. The maximum absolute atomic E-state index is 5.52. The highest BCUT2D eigenvalue weighted by Crippen LogP contribution is 2.06. The molecule has 5 heteroatoms. The zero-order chi connectivity index (χ0) is 11.2. The second kappa shape index (κ2) is 5.58. The van der Waals surface area contributed by atoms with E-state index in [1.165, 1.54) is 17.1 Å². The first-order valence-electron chi connectivity index (χ1n) is 5.04. The van der Waals surface area contributed by atoms with E-state index in [2.05, 4.69) is 9.36 Å². The number of hydrogen-bond acceptors (Lipinski definition) is 5. The average Bonchev–Trinajstić information content (AvgIpc) is 2.72. The van der Waals surface area contributed by atoms with Gasteiger partial charge in [-0.25, -0.2) is 4.98 Å². The molecule has 0 saturated heterocycles. The molecular formula is C11H13N3OS. The maximum Gasteiger partial charge on any atom is 0.199 e. The highest BCUT2D eigenvalue weighted by molar-refractivity contribution is 7.09. The van der Waals surface area contributed by atoms with Crippen molar-refractivity contribution in [3.8, 4) is 0 Å². The molecule has 0 unspecified atom stereocenters.